The van der Waals surface area contributed by atoms with Crippen LogP contribution in [0.5, 0.6) is 11.5 Å². The predicted molar refractivity (Wildman–Crippen MR) is 117 cm³/mol. The van der Waals surface area contributed by atoms with E-state index in [-0.39, 0.29) is 11.7 Å². The van der Waals surface area contributed by atoms with Crippen molar-refractivity contribution in [2.45, 2.75) is 25.9 Å². The fourth-order valence-electron chi connectivity index (χ4n) is 3.42. The number of amides is 1. The highest BCUT2D eigenvalue weighted by molar-refractivity contribution is 5.91. The van der Waals surface area contributed by atoms with E-state index < -0.39 is 0 Å². The van der Waals surface area contributed by atoms with Crippen LogP contribution in [0.15, 0.2) is 71.3 Å². The minimum Gasteiger partial charge on any atom is -0.497 e. The minimum absolute atomic E-state index is 0.254. The number of furan rings is 1. The molecule has 2 heterocycles. The van der Waals surface area contributed by atoms with Gasteiger partial charge in [0.15, 0.2) is 5.76 Å². The van der Waals surface area contributed by atoms with Crippen molar-refractivity contribution >= 4 is 16.9 Å². The maximum atomic E-state index is 12.2. The van der Waals surface area contributed by atoms with Crippen molar-refractivity contribution in [2.75, 3.05) is 13.7 Å². The molecule has 4 rings (SSSR count). The highest BCUT2D eigenvalue weighted by Gasteiger charge is 2.13. The monoisotopic (exact) mass is 419 g/mol. The fourth-order valence-corrected chi connectivity index (χ4v) is 3.42. The Balaban J connectivity index is 1.35. The van der Waals surface area contributed by atoms with Gasteiger partial charge in [-0.25, -0.2) is 4.98 Å². The van der Waals surface area contributed by atoms with Crippen molar-refractivity contribution in [1.29, 1.82) is 0 Å². The van der Waals surface area contributed by atoms with Crippen molar-refractivity contribution in [3.8, 4) is 11.5 Å². The first-order valence-electron chi connectivity index (χ1n) is 10.3. The molecule has 2 aromatic heterocycles. The lowest BCUT2D eigenvalue weighted by Gasteiger charge is -2.11. The summed E-state index contributed by atoms with van der Waals surface area (Å²) in [6.45, 7) is 1.73. The fraction of sp³-hybridized carbons (Fsp3) is 0.250. The number of imidazole rings is 1. The van der Waals surface area contributed by atoms with E-state index in [1.54, 1.807) is 19.2 Å². The van der Waals surface area contributed by atoms with E-state index in [1.807, 2.05) is 48.5 Å². The molecule has 0 saturated heterocycles. The van der Waals surface area contributed by atoms with Crippen LogP contribution >= 0.6 is 0 Å². The Morgan fingerprint density at radius 2 is 1.94 bits per heavy atom. The minimum atomic E-state index is -0.254. The number of ether oxygens (including phenoxy) is 2. The average Bonchev–Trinajstić information content (AvgIpc) is 3.46. The number of carbonyl (C=O) groups is 1. The first kappa shape index (κ1) is 20.5. The summed E-state index contributed by atoms with van der Waals surface area (Å²) in [4.78, 5) is 16.9. The number of rotatable bonds is 10. The van der Waals surface area contributed by atoms with E-state index in [4.69, 9.17) is 18.9 Å². The number of aromatic nitrogens is 2. The summed E-state index contributed by atoms with van der Waals surface area (Å²) in [7, 11) is 1.64. The molecule has 1 N–H and O–H groups in total. The zero-order valence-corrected chi connectivity index (χ0v) is 17.4. The number of hydrogen-bond acceptors (Lipinski definition) is 5. The molecule has 0 saturated carbocycles. The normalized spacial score (nSPS) is 10.9. The van der Waals surface area contributed by atoms with Crippen LogP contribution in [-0.2, 0) is 13.1 Å². The summed E-state index contributed by atoms with van der Waals surface area (Å²) in [6.07, 6.45) is 3.29. The van der Waals surface area contributed by atoms with Gasteiger partial charge in [0.05, 0.1) is 37.6 Å². The molecule has 0 atom stereocenters. The van der Waals surface area contributed by atoms with Gasteiger partial charge in [0, 0.05) is 12.6 Å². The first-order chi connectivity index (χ1) is 15.2. The second-order valence-corrected chi connectivity index (χ2v) is 7.06. The molecule has 31 heavy (non-hydrogen) atoms. The number of unbranched alkanes of at least 4 members (excludes halogenated alkanes) is 1. The van der Waals surface area contributed by atoms with E-state index >= 15 is 0 Å². The van der Waals surface area contributed by atoms with Crippen LogP contribution < -0.4 is 14.8 Å². The van der Waals surface area contributed by atoms with E-state index in [0.717, 1.165) is 47.7 Å². The second-order valence-electron chi connectivity index (χ2n) is 7.06. The topological polar surface area (TPSA) is 78.5 Å². The van der Waals surface area contributed by atoms with Crippen LogP contribution in [0.2, 0.25) is 0 Å². The molecule has 7 heteroatoms. The lowest BCUT2D eigenvalue weighted by atomic mass is 10.3. The maximum absolute atomic E-state index is 12.2. The predicted octanol–water partition coefficient (Wildman–Crippen LogP) is 4.43. The third-order valence-corrected chi connectivity index (χ3v) is 4.97. The first-order valence-corrected chi connectivity index (χ1v) is 10.3. The van der Waals surface area contributed by atoms with Crippen LogP contribution in [0.1, 0.15) is 29.2 Å². The van der Waals surface area contributed by atoms with Crippen molar-refractivity contribution in [2.24, 2.45) is 0 Å². The highest BCUT2D eigenvalue weighted by atomic mass is 16.5. The molecule has 0 bridgehead atoms. The van der Waals surface area contributed by atoms with Gasteiger partial charge >= 0.3 is 0 Å². The van der Waals surface area contributed by atoms with Crippen LogP contribution in [0.4, 0.5) is 0 Å². The van der Waals surface area contributed by atoms with Crippen LogP contribution in [0.25, 0.3) is 11.0 Å². The van der Waals surface area contributed by atoms with Crippen molar-refractivity contribution in [3.05, 3.63) is 78.5 Å². The van der Waals surface area contributed by atoms with Gasteiger partial charge < -0.3 is 23.8 Å². The van der Waals surface area contributed by atoms with Crippen LogP contribution in [0.3, 0.4) is 0 Å². The maximum Gasteiger partial charge on any atom is 0.287 e. The van der Waals surface area contributed by atoms with Gasteiger partial charge in [-0.05, 0) is 49.2 Å². The number of methoxy groups -OCH3 is 1. The molecular weight excluding hydrogens is 394 g/mol. The number of nitrogens with zero attached hydrogens (tertiary/aromatic N) is 2. The summed E-state index contributed by atoms with van der Waals surface area (Å²) in [5.74, 6) is 2.43. The number of carbonyl (C=O) groups excluding carboxylic acids is 1. The van der Waals surface area contributed by atoms with Crippen LogP contribution in [0, 0.1) is 0 Å². The summed E-state index contributed by atoms with van der Waals surface area (Å²) in [5, 5.41) is 2.88. The Hall–Kier alpha value is -3.74. The molecule has 7 nitrogen and oxygen atoms in total. The van der Waals surface area contributed by atoms with E-state index in [9.17, 15) is 4.79 Å². The highest BCUT2D eigenvalue weighted by Crippen LogP contribution is 2.20. The number of para-hydroxylation sites is 2. The standard InChI is InChI=1S/C24H25N3O4/c1-29-18-8-6-9-19(16-18)30-14-5-4-13-27-21-11-3-2-10-20(21)26-23(27)17-25-24(28)22-12-7-15-31-22/h2-3,6-12,15-16H,4-5,13-14,17H2,1H3,(H,25,28). The zero-order chi connectivity index (χ0) is 21.5. The molecule has 0 aliphatic rings. The van der Waals surface area contributed by atoms with E-state index in [0.29, 0.717) is 13.2 Å². The average molecular weight is 419 g/mol. The van der Waals surface area contributed by atoms with Gasteiger partial charge in [0.25, 0.3) is 5.91 Å². The molecule has 0 fully saturated rings. The summed E-state index contributed by atoms with van der Waals surface area (Å²) in [5.41, 5.74) is 1.97. The molecule has 0 aliphatic carbocycles. The summed E-state index contributed by atoms with van der Waals surface area (Å²) in [6, 6.07) is 18.9. The SMILES string of the molecule is COc1cccc(OCCCCn2c(CNC(=O)c3ccco3)nc3ccccc32)c1. The van der Waals surface area contributed by atoms with Crippen molar-refractivity contribution in [3.63, 3.8) is 0 Å². The number of aryl methyl sites for hydroxylation is 1. The summed E-state index contributed by atoms with van der Waals surface area (Å²) >= 11 is 0. The third kappa shape index (κ3) is 5.06. The van der Waals surface area contributed by atoms with E-state index in [1.165, 1.54) is 6.26 Å². The second kappa shape index (κ2) is 9.84. The number of hydrogen-bond donors (Lipinski definition) is 1. The van der Waals surface area contributed by atoms with Crippen LogP contribution in [-0.4, -0.2) is 29.2 Å². The Morgan fingerprint density at radius 1 is 1.06 bits per heavy atom. The number of benzene rings is 2. The van der Waals surface area contributed by atoms with Gasteiger partial charge in [0.1, 0.15) is 17.3 Å². The Morgan fingerprint density at radius 3 is 2.77 bits per heavy atom. The molecule has 160 valence electrons. The van der Waals surface area contributed by atoms with Gasteiger partial charge in [0.2, 0.25) is 0 Å². The molecule has 0 unspecified atom stereocenters. The van der Waals surface area contributed by atoms with Crippen molar-refractivity contribution in [1.82, 2.24) is 14.9 Å². The van der Waals surface area contributed by atoms with Crippen molar-refractivity contribution < 1.29 is 18.7 Å². The lowest BCUT2D eigenvalue weighted by Crippen LogP contribution is -2.24. The molecule has 0 aliphatic heterocycles. The van der Waals surface area contributed by atoms with E-state index in [2.05, 4.69) is 9.88 Å². The lowest BCUT2D eigenvalue weighted by molar-refractivity contribution is 0.0921. The third-order valence-electron chi connectivity index (χ3n) is 4.97. The zero-order valence-electron chi connectivity index (χ0n) is 17.4. The molecule has 1 amide bonds. The molecule has 0 radical (unpaired) electrons. The van der Waals surface area contributed by atoms with Gasteiger partial charge in [-0.15, -0.1) is 0 Å². The molecule has 2 aromatic carbocycles. The Kier molecular flexibility index (Phi) is 6.52. The molecule has 4 aromatic rings. The van der Waals surface area contributed by atoms with Gasteiger partial charge in [-0.3, -0.25) is 4.79 Å². The van der Waals surface area contributed by atoms with Gasteiger partial charge in [-0.1, -0.05) is 18.2 Å². The molecule has 0 spiro atoms. The van der Waals surface area contributed by atoms with Gasteiger partial charge in [-0.2, -0.15) is 0 Å². The largest absolute Gasteiger partial charge is 0.497 e. The summed E-state index contributed by atoms with van der Waals surface area (Å²) < 4.78 is 18.4. The number of fused-ring (bicyclic) bond motifs is 1. The Labute approximate surface area is 180 Å². The quantitative estimate of drug-likeness (QED) is 0.385. The molecular formula is C24H25N3O4. The number of nitrogens with one attached hydrogen (secondary N) is 1. The smallest absolute Gasteiger partial charge is 0.287 e. The Bertz CT molecular complexity index is 1130.